The molecule has 1 aliphatic rings. The maximum Gasteiger partial charge on any atom is 0.0460 e. The highest BCUT2D eigenvalue weighted by Gasteiger charge is 2.21. The van der Waals surface area contributed by atoms with Gasteiger partial charge in [0.2, 0.25) is 0 Å². The molecule has 0 amide bonds. The van der Waals surface area contributed by atoms with Crippen molar-refractivity contribution in [2.45, 2.75) is 32.2 Å². The normalized spacial score (nSPS) is 18.6. The van der Waals surface area contributed by atoms with Crippen LogP contribution < -0.4 is 10.2 Å². The molecule has 1 fully saturated rings. The Morgan fingerprint density at radius 2 is 2.00 bits per heavy atom. The van der Waals surface area contributed by atoms with Crippen LogP contribution in [-0.2, 0) is 0 Å². The van der Waals surface area contributed by atoms with E-state index in [0.29, 0.717) is 18.6 Å². The minimum atomic E-state index is 0.337. The van der Waals surface area contributed by atoms with Crippen LogP contribution in [0.15, 0.2) is 24.3 Å². The highest BCUT2D eigenvalue weighted by Crippen LogP contribution is 2.30. The molecule has 0 aromatic heterocycles. The quantitative estimate of drug-likeness (QED) is 0.856. The van der Waals surface area contributed by atoms with Gasteiger partial charge in [0, 0.05) is 31.4 Å². The van der Waals surface area contributed by atoms with Crippen molar-refractivity contribution in [3.8, 4) is 0 Å². The Kier molecular flexibility index (Phi) is 5.23. The molecule has 0 saturated carbocycles. The minimum absolute atomic E-state index is 0.337. The van der Waals surface area contributed by atoms with Crippen molar-refractivity contribution in [2.75, 3.05) is 31.6 Å². The monoisotopic (exact) mass is 262 g/mol. The van der Waals surface area contributed by atoms with Crippen LogP contribution in [-0.4, -0.2) is 31.9 Å². The smallest absolute Gasteiger partial charge is 0.0460 e. The van der Waals surface area contributed by atoms with Crippen LogP contribution in [0.2, 0.25) is 0 Å². The summed E-state index contributed by atoms with van der Waals surface area (Å²) in [5.41, 5.74) is 2.76. The zero-order valence-electron chi connectivity index (χ0n) is 12.1. The maximum absolute atomic E-state index is 9.24. The van der Waals surface area contributed by atoms with Crippen molar-refractivity contribution in [3.05, 3.63) is 29.8 Å². The second kappa shape index (κ2) is 6.92. The zero-order chi connectivity index (χ0) is 13.7. The Balaban J connectivity index is 2.16. The summed E-state index contributed by atoms with van der Waals surface area (Å²) in [6.45, 7) is 4.67. The predicted molar refractivity (Wildman–Crippen MR) is 80.6 cm³/mol. The number of piperidine rings is 1. The van der Waals surface area contributed by atoms with E-state index in [1.165, 1.54) is 11.3 Å². The SMILES string of the molecule is CCC(NC)c1ccccc1N1CCC(CO)CC1. The Hall–Kier alpha value is -1.06. The summed E-state index contributed by atoms with van der Waals surface area (Å²) in [6.07, 6.45) is 3.29. The lowest BCUT2D eigenvalue weighted by Gasteiger charge is -2.35. The molecule has 1 aromatic rings. The van der Waals surface area contributed by atoms with Gasteiger partial charge in [-0.05, 0) is 43.9 Å². The van der Waals surface area contributed by atoms with Gasteiger partial charge in [0.05, 0.1) is 0 Å². The lowest BCUT2D eigenvalue weighted by atomic mass is 9.95. The second-order valence-corrected chi connectivity index (χ2v) is 5.42. The van der Waals surface area contributed by atoms with Gasteiger partial charge in [0.15, 0.2) is 0 Å². The first-order valence-electron chi connectivity index (χ1n) is 7.42. The van der Waals surface area contributed by atoms with E-state index >= 15 is 0 Å². The minimum Gasteiger partial charge on any atom is -0.396 e. The number of para-hydroxylation sites is 1. The van der Waals surface area contributed by atoms with Gasteiger partial charge in [-0.1, -0.05) is 25.1 Å². The van der Waals surface area contributed by atoms with Crippen LogP contribution in [0.3, 0.4) is 0 Å². The number of benzene rings is 1. The lowest BCUT2D eigenvalue weighted by Crippen LogP contribution is -2.36. The molecule has 1 aliphatic heterocycles. The molecule has 106 valence electrons. The van der Waals surface area contributed by atoms with Crippen molar-refractivity contribution in [1.82, 2.24) is 5.32 Å². The highest BCUT2D eigenvalue weighted by molar-refractivity contribution is 5.55. The molecule has 1 unspecified atom stereocenters. The predicted octanol–water partition coefficient (Wildman–Crippen LogP) is 2.57. The lowest BCUT2D eigenvalue weighted by molar-refractivity contribution is 0.203. The molecule has 3 nitrogen and oxygen atoms in total. The number of hydrogen-bond donors (Lipinski definition) is 2. The molecular weight excluding hydrogens is 236 g/mol. The van der Waals surface area contributed by atoms with E-state index in [1.54, 1.807) is 0 Å². The Morgan fingerprint density at radius 1 is 1.32 bits per heavy atom. The van der Waals surface area contributed by atoms with Gasteiger partial charge in [0.1, 0.15) is 0 Å². The van der Waals surface area contributed by atoms with E-state index in [1.807, 2.05) is 7.05 Å². The Labute approximate surface area is 116 Å². The summed E-state index contributed by atoms with van der Waals surface area (Å²) in [5.74, 6) is 0.495. The average molecular weight is 262 g/mol. The van der Waals surface area contributed by atoms with Crippen LogP contribution in [0.5, 0.6) is 0 Å². The van der Waals surface area contributed by atoms with Gasteiger partial charge in [-0.3, -0.25) is 0 Å². The molecule has 1 saturated heterocycles. The van der Waals surface area contributed by atoms with Crippen LogP contribution in [0, 0.1) is 5.92 Å². The fraction of sp³-hybridized carbons (Fsp3) is 0.625. The molecule has 0 radical (unpaired) electrons. The molecule has 0 spiro atoms. The molecule has 0 bridgehead atoms. The van der Waals surface area contributed by atoms with Crippen molar-refractivity contribution in [1.29, 1.82) is 0 Å². The summed E-state index contributed by atoms with van der Waals surface area (Å²) in [4.78, 5) is 2.47. The maximum atomic E-state index is 9.24. The van der Waals surface area contributed by atoms with Crippen molar-refractivity contribution >= 4 is 5.69 Å². The first-order chi connectivity index (χ1) is 9.30. The summed E-state index contributed by atoms with van der Waals surface area (Å²) < 4.78 is 0. The van der Waals surface area contributed by atoms with Gasteiger partial charge in [0.25, 0.3) is 0 Å². The van der Waals surface area contributed by atoms with Crippen molar-refractivity contribution < 1.29 is 5.11 Å². The van der Waals surface area contributed by atoms with E-state index in [0.717, 1.165) is 32.4 Å². The average Bonchev–Trinajstić information content (AvgIpc) is 2.49. The van der Waals surface area contributed by atoms with Crippen LogP contribution in [0.25, 0.3) is 0 Å². The third kappa shape index (κ3) is 3.28. The fourth-order valence-electron chi connectivity index (χ4n) is 3.01. The van der Waals surface area contributed by atoms with Gasteiger partial charge in [-0.25, -0.2) is 0 Å². The first kappa shape index (κ1) is 14.4. The molecule has 0 aliphatic carbocycles. The number of hydrogen-bond acceptors (Lipinski definition) is 3. The number of nitrogens with one attached hydrogen (secondary N) is 1. The Bertz CT molecular complexity index is 382. The number of aliphatic hydroxyl groups is 1. The van der Waals surface area contributed by atoms with Crippen molar-refractivity contribution in [3.63, 3.8) is 0 Å². The van der Waals surface area contributed by atoms with Gasteiger partial charge >= 0.3 is 0 Å². The molecule has 2 N–H and O–H groups in total. The third-order valence-corrected chi connectivity index (χ3v) is 4.28. The third-order valence-electron chi connectivity index (χ3n) is 4.28. The molecule has 1 atom stereocenters. The number of aliphatic hydroxyl groups excluding tert-OH is 1. The topological polar surface area (TPSA) is 35.5 Å². The number of anilines is 1. The van der Waals surface area contributed by atoms with Crippen LogP contribution in [0.4, 0.5) is 5.69 Å². The summed E-state index contributed by atoms with van der Waals surface area (Å²) >= 11 is 0. The first-order valence-corrected chi connectivity index (χ1v) is 7.42. The molecule has 3 heteroatoms. The number of nitrogens with zero attached hydrogens (tertiary/aromatic N) is 1. The number of rotatable bonds is 5. The summed E-state index contributed by atoms with van der Waals surface area (Å²) in [5, 5.41) is 12.6. The molecule has 1 heterocycles. The largest absolute Gasteiger partial charge is 0.396 e. The fourth-order valence-corrected chi connectivity index (χ4v) is 3.01. The molecular formula is C16H26N2O. The van der Waals surface area contributed by atoms with Gasteiger partial charge in [-0.2, -0.15) is 0 Å². The molecule has 1 aromatic carbocycles. The van der Waals surface area contributed by atoms with E-state index in [9.17, 15) is 5.11 Å². The summed E-state index contributed by atoms with van der Waals surface area (Å²) in [6, 6.07) is 9.14. The van der Waals surface area contributed by atoms with Gasteiger partial charge in [-0.15, -0.1) is 0 Å². The zero-order valence-corrected chi connectivity index (χ0v) is 12.1. The summed E-state index contributed by atoms with van der Waals surface area (Å²) in [7, 11) is 2.03. The van der Waals surface area contributed by atoms with E-state index in [2.05, 4.69) is 41.4 Å². The molecule has 2 rings (SSSR count). The molecule has 19 heavy (non-hydrogen) atoms. The van der Waals surface area contributed by atoms with Crippen molar-refractivity contribution in [2.24, 2.45) is 5.92 Å². The van der Waals surface area contributed by atoms with Crippen LogP contribution >= 0.6 is 0 Å². The second-order valence-electron chi connectivity index (χ2n) is 5.42. The van der Waals surface area contributed by atoms with E-state index in [4.69, 9.17) is 0 Å². The standard InChI is InChI=1S/C16H26N2O/c1-3-15(17-2)14-6-4-5-7-16(14)18-10-8-13(12-19)9-11-18/h4-7,13,15,17,19H,3,8-12H2,1-2H3. The Morgan fingerprint density at radius 3 is 2.58 bits per heavy atom. The van der Waals surface area contributed by atoms with Crippen LogP contribution in [0.1, 0.15) is 37.8 Å². The van der Waals surface area contributed by atoms with E-state index < -0.39 is 0 Å². The van der Waals surface area contributed by atoms with E-state index in [-0.39, 0.29) is 0 Å². The highest BCUT2D eigenvalue weighted by atomic mass is 16.3. The van der Waals surface area contributed by atoms with Gasteiger partial charge < -0.3 is 15.3 Å².